The largest absolute Gasteiger partial charge is 0.494 e. The summed E-state index contributed by atoms with van der Waals surface area (Å²) in [5.74, 6) is -0.154. The molecule has 1 atom stereocenters. The molecule has 7 heteroatoms. The first kappa shape index (κ1) is 26.0. The molecule has 1 aliphatic rings. The molecule has 1 fully saturated rings. The summed E-state index contributed by atoms with van der Waals surface area (Å²) in [5.41, 5.74) is 3.18. The molecule has 0 radical (unpaired) electrons. The SMILES string of the molecule is CC[C@H](C)c1ccc(N2C(=O)NC(=O)/C(=C/c3cn(CCCOc4ccccc4)c4ccccc34)C2=O)cc1. The Morgan fingerprint density at radius 1 is 0.923 bits per heavy atom. The van der Waals surface area contributed by atoms with Gasteiger partial charge in [0, 0.05) is 29.2 Å². The van der Waals surface area contributed by atoms with Crippen LogP contribution in [0.2, 0.25) is 0 Å². The van der Waals surface area contributed by atoms with Gasteiger partial charge in [-0.2, -0.15) is 0 Å². The minimum absolute atomic E-state index is 0.0871. The average molecular weight is 522 g/mol. The van der Waals surface area contributed by atoms with Gasteiger partial charge in [0.2, 0.25) is 0 Å². The van der Waals surface area contributed by atoms with Crippen LogP contribution in [0.5, 0.6) is 5.75 Å². The number of carbonyl (C=O) groups excluding carboxylic acids is 3. The first-order valence-electron chi connectivity index (χ1n) is 13.2. The van der Waals surface area contributed by atoms with Crippen LogP contribution in [-0.2, 0) is 16.1 Å². The maximum absolute atomic E-state index is 13.5. The van der Waals surface area contributed by atoms with Crippen LogP contribution in [0.3, 0.4) is 0 Å². The number of barbiturate groups is 1. The number of anilines is 1. The van der Waals surface area contributed by atoms with Gasteiger partial charge in [-0.3, -0.25) is 14.9 Å². The van der Waals surface area contributed by atoms with Crippen molar-refractivity contribution >= 4 is 40.5 Å². The summed E-state index contributed by atoms with van der Waals surface area (Å²) < 4.78 is 7.92. The zero-order valence-electron chi connectivity index (χ0n) is 22.1. The van der Waals surface area contributed by atoms with E-state index in [1.165, 1.54) is 0 Å². The van der Waals surface area contributed by atoms with Crippen LogP contribution in [0.25, 0.3) is 17.0 Å². The van der Waals surface area contributed by atoms with Crippen LogP contribution in [0.15, 0.2) is 90.6 Å². The van der Waals surface area contributed by atoms with Gasteiger partial charge in [-0.15, -0.1) is 0 Å². The summed E-state index contributed by atoms with van der Waals surface area (Å²) in [4.78, 5) is 40.0. The second-order valence-corrected chi connectivity index (χ2v) is 9.67. The fourth-order valence-electron chi connectivity index (χ4n) is 4.75. The minimum atomic E-state index is -0.751. The van der Waals surface area contributed by atoms with E-state index in [0.717, 1.165) is 45.5 Å². The zero-order chi connectivity index (χ0) is 27.4. The molecule has 4 aromatic rings. The number of aryl methyl sites for hydroxylation is 1. The molecule has 3 aromatic carbocycles. The fourth-order valence-corrected chi connectivity index (χ4v) is 4.75. The molecule has 1 aromatic heterocycles. The topological polar surface area (TPSA) is 80.6 Å². The molecule has 5 rings (SSSR count). The number of nitrogens with zero attached hydrogens (tertiary/aromatic N) is 2. The number of amides is 4. The molecule has 7 nitrogen and oxygen atoms in total. The van der Waals surface area contributed by atoms with Crippen molar-refractivity contribution in [3.05, 3.63) is 102 Å². The van der Waals surface area contributed by atoms with E-state index in [2.05, 4.69) is 23.7 Å². The van der Waals surface area contributed by atoms with Crippen LogP contribution in [0, 0.1) is 0 Å². The van der Waals surface area contributed by atoms with Crippen molar-refractivity contribution in [3.63, 3.8) is 0 Å². The second kappa shape index (κ2) is 11.4. The van der Waals surface area contributed by atoms with Gasteiger partial charge in [-0.05, 0) is 60.7 Å². The Balaban J connectivity index is 1.39. The molecular formula is C32H31N3O4. The highest BCUT2D eigenvalue weighted by Gasteiger charge is 2.37. The number of fused-ring (bicyclic) bond motifs is 1. The molecule has 0 spiro atoms. The van der Waals surface area contributed by atoms with Gasteiger partial charge in [-0.1, -0.05) is 62.4 Å². The van der Waals surface area contributed by atoms with Crippen LogP contribution in [0.1, 0.15) is 43.7 Å². The normalized spacial score (nSPS) is 15.6. The summed E-state index contributed by atoms with van der Waals surface area (Å²) in [6, 6.07) is 24.1. The lowest BCUT2D eigenvalue weighted by atomic mass is 9.98. The number of hydrogen-bond donors (Lipinski definition) is 1. The third-order valence-electron chi connectivity index (χ3n) is 7.11. The van der Waals surface area contributed by atoms with E-state index >= 15 is 0 Å². The highest BCUT2D eigenvalue weighted by molar-refractivity contribution is 6.39. The van der Waals surface area contributed by atoms with Gasteiger partial charge in [0.15, 0.2) is 0 Å². The summed E-state index contributed by atoms with van der Waals surface area (Å²) >= 11 is 0. The van der Waals surface area contributed by atoms with E-state index in [1.54, 1.807) is 18.2 Å². The number of urea groups is 1. The lowest BCUT2D eigenvalue weighted by molar-refractivity contribution is -0.122. The highest BCUT2D eigenvalue weighted by atomic mass is 16.5. The van der Waals surface area contributed by atoms with Gasteiger partial charge in [0.25, 0.3) is 11.8 Å². The smallest absolute Gasteiger partial charge is 0.335 e. The van der Waals surface area contributed by atoms with Crippen molar-refractivity contribution in [2.45, 2.75) is 39.2 Å². The van der Waals surface area contributed by atoms with Crippen LogP contribution in [-0.4, -0.2) is 29.0 Å². The molecule has 4 amide bonds. The van der Waals surface area contributed by atoms with Crippen molar-refractivity contribution in [3.8, 4) is 5.75 Å². The Labute approximate surface area is 227 Å². The number of carbonyl (C=O) groups is 3. The lowest BCUT2D eigenvalue weighted by Crippen LogP contribution is -2.54. The number of benzene rings is 3. The predicted octanol–water partition coefficient (Wildman–Crippen LogP) is 6.29. The van der Waals surface area contributed by atoms with Crippen LogP contribution < -0.4 is 15.0 Å². The van der Waals surface area contributed by atoms with Crippen molar-refractivity contribution < 1.29 is 19.1 Å². The average Bonchev–Trinajstić information content (AvgIpc) is 3.31. The Morgan fingerprint density at radius 2 is 1.64 bits per heavy atom. The third kappa shape index (κ3) is 5.48. The summed E-state index contributed by atoms with van der Waals surface area (Å²) in [5, 5.41) is 3.24. The van der Waals surface area contributed by atoms with E-state index in [-0.39, 0.29) is 5.57 Å². The van der Waals surface area contributed by atoms with Crippen molar-refractivity contribution in [2.24, 2.45) is 0 Å². The monoisotopic (exact) mass is 521 g/mol. The molecule has 0 unspecified atom stereocenters. The molecule has 1 saturated heterocycles. The van der Waals surface area contributed by atoms with Gasteiger partial charge < -0.3 is 9.30 Å². The Bertz CT molecular complexity index is 1540. The fraction of sp³-hybridized carbons (Fsp3) is 0.219. The summed E-state index contributed by atoms with van der Waals surface area (Å²) in [6.07, 6.45) is 5.27. The van der Waals surface area contributed by atoms with Gasteiger partial charge >= 0.3 is 6.03 Å². The molecule has 198 valence electrons. The second-order valence-electron chi connectivity index (χ2n) is 9.67. The summed E-state index contributed by atoms with van der Waals surface area (Å²) in [6.45, 7) is 5.49. The summed E-state index contributed by atoms with van der Waals surface area (Å²) in [7, 11) is 0. The maximum atomic E-state index is 13.5. The number of imide groups is 2. The number of rotatable bonds is 9. The van der Waals surface area contributed by atoms with Gasteiger partial charge in [0.1, 0.15) is 11.3 Å². The number of aromatic nitrogens is 1. The maximum Gasteiger partial charge on any atom is 0.335 e. The Kier molecular flexibility index (Phi) is 7.59. The van der Waals surface area contributed by atoms with E-state index < -0.39 is 17.8 Å². The molecule has 2 heterocycles. The molecule has 1 aliphatic heterocycles. The third-order valence-corrected chi connectivity index (χ3v) is 7.11. The highest BCUT2D eigenvalue weighted by Crippen LogP contribution is 2.28. The van der Waals surface area contributed by atoms with Crippen molar-refractivity contribution in [1.29, 1.82) is 0 Å². The van der Waals surface area contributed by atoms with Gasteiger partial charge in [-0.25, -0.2) is 9.69 Å². The lowest BCUT2D eigenvalue weighted by Gasteiger charge is -2.26. The molecule has 0 aliphatic carbocycles. The van der Waals surface area contributed by atoms with Gasteiger partial charge in [0.05, 0.1) is 12.3 Å². The van der Waals surface area contributed by atoms with E-state index in [4.69, 9.17) is 4.74 Å². The Morgan fingerprint density at radius 3 is 2.38 bits per heavy atom. The first-order chi connectivity index (χ1) is 19.0. The molecule has 0 saturated carbocycles. The van der Waals surface area contributed by atoms with Crippen LogP contribution >= 0.6 is 0 Å². The number of para-hydroxylation sites is 2. The number of nitrogens with one attached hydrogen (secondary N) is 1. The zero-order valence-corrected chi connectivity index (χ0v) is 22.1. The first-order valence-corrected chi connectivity index (χ1v) is 13.2. The standard InChI is InChI=1S/C32H31N3O4/c1-3-22(2)23-14-16-25(17-15-23)35-31(37)28(30(36)33-32(35)38)20-24-21-34(29-13-8-7-12-27(24)29)18-9-19-39-26-10-5-4-6-11-26/h4-8,10-17,20-22H,3,9,18-19H2,1-2H3,(H,33,36,38)/b28-20-/t22-/m0/s1. The Hall–Kier alpha value is -4.65. The van der Waals surface area contributed by atoms with Crippen molar-refractivity contribution in [2.75, 3.05) is 11.5 Å². The minimum Gasteiger partial charge on any atom is -0.494 e. The van der Waals surface area contributed by atoms with E-state index in [1.807, 2.05) is 72.9 Å². The quantitative estimate of drug-likeness (QED) is 0.159. The number of hydrogen-bond acceptors (Lipinski definition) is 4. The molecule has 0 bridgehead atoms. The molecule has 1 N–H and O–H groups in total. The number of ether oxygens (including phenoxy) is 1. The van der Waals surface area contributed by atoms with E-state index in [0.29, 0.717) is 24.8 Å². The van der Waals surface area contributed by atoms with Crippen molar-refractivity contribution in [1.82, 2.24) is 9.88 Å². The molecule has 39 heavy (non-hydrogen) atoms. The molecular weight excluding hydrogens is 490 g/mol. The van der Waals surface area contributed by atoms with Crippen LogP contribution in [0.4, 0.5) is 10.5 Å². The van der Waals surface area contributed by atoms with E-state index in [9.17, 15) is 14.4 Å². The predicted molar refractivity (Wildman–Crippen MR) is 153 cm³/mol.